The van der Waals surface area contributed by atoms with Gasteiger partial charge in [-0.1, -0.05) is 12.1 Å². The summed E-state index contributed by atoms with van der Waals surface area (Å²) in [5.74, 6) is -3.97. The summed E-state index contributed by atoms with van der Waals surface area (Å²) < 4.78 is 18.2. The van der Waals surface area contributed by atoms with E-state index < -0.39 is 47.0 Å². The summed E-state index contributed by atoms with van der Waals surface area (Å²) in [6, 6.07) is 10.6. The van der Waals surface area contributed by atoms with Crippen LogP contribution in [0.1, 0.15) is 18.5 Å². The molecule has 0 aliphatic carbocycles. The lowest BCUT2D eigenvalue weighted by Crippen LogP contribution is -2.54. The Morgan fingerprint density at radius 1 is 1.10 bits per heavy atom. The number of aromatic hydroxyl groups is 1. The van der Waals surface area contributed by atoms with Crippen molar-refractivity contribution in [1.82, 2.24) is 5.32 Å². The second-order valence-electron chi connectivity index (χ2n) is 7.40. The van der Waals surface area contributed by atoms with Gasteiger partial charge in [-0.2, -0.15) is 0 Å². The summed E-state index contributed by atoms with van der Waals surface area (Å²) in [5.41, 5.74) is -0.538. The molecule has 4 rings (SSSR count). The average molecular weight is 398 g/mol. The molecule has 7 nitrogen and oxygen atoms in total. The number of carbonyl (C=O) groups is 3. The molecule has 2 fully saturated rings. The fourth-order valence-electron chi connectivity index (χ4n) is 4.35. The average Bonchev–Trinajstić information content (AvgIpc) is 3.17. The third-order valence-corrected chi connectivity index (χ3v) is 5.73. The molecule has 0 saturated carbocycles. The number of methoxy groups -OCH3 is 1. The van der Waals surface area contributed by atoms with Gasteiger partial charge >= 0.3 is 5.97 Å². The standard InChI is InChI=1S/C21H19FN2O5/c1-21(20(28)29-2)16-15(17(23-21)11-3-9-14(25)10-4-11)18(26)24(19(16)27)13-7-5-12(22)6-8-13/h3-10,15-17,23,25H,1-2H3/t15-,16+,17-,21+/m0/s1. The zero-order chi connectivity index (χ0) is 20.9. The van der Waals surface area contributed by atoms with Crippen LogP contribution in [0.15, 0.2) is 48.5 Å². The molecule has 2 aliphatic heterocycles. The van der Waals surface area contributed by atoms with Crippen LogP contribution >= 0.6 is 0 Å². The summed E-state index contributed by atoms with van der Waals surface area (Å²) >= 11 is 0. The van der Waals surface area contributed by atoms with Crippen molar-refractivity contribution >= 4 is 23.5 Å². The lowest BCUT2D eigenvalue weighted by atomic mass is 9.80. The minimum Gasteiger partial charge on any atom is -0.508 e. The number of esters is 1. The second-order valence-corrected chi connectivity index (χ2v) is 7.40. The van der Waals surface area contributed by atoms with Crippen molar-refractivity contribution in [2.24, 2.45) is 11.8 Å². The van der Waals surface area contributed by atoms with E-state index in [4.69, 9.17) is 4.74 Å². The quantitative estimate of drug-likeness (QED) is 0.606. The molecule has 8 heteroatoms. The molecule has 0 spiro atoms. The normalized spacial score (nSPS) is 28.5. The van der Waals surface area contributed by atoms with E-state index >= 15 is 0 Å². The molecule has 4 atom stereocenters. The molecular weight excluding hydrogens is 379 g/mol. The van der Waals surface area contributed by atoms with Gasteiger partial charge < -0.3 is 9.84 Å². The largest absolute Gasteiger partial charge is 0.508 e. The van der Waals surface area contributed by atoms with Gasteiger partial charge in [-0.05, 0) is 48.9 Å². The number of benzene rings is 2. The number of phenolic OH excluding ortho intramolecular Hbond substituents is 1. The molecule has 2 N–H and O–H groups in total. The Balaban J connectivity index is 1.81. The van der Waals surface area contributed by atoms with E-state index in [9.17, 15) is 23.9 Å². The van der Waals surface area contributed by atoms with Crippen LogP contribution in [0.3, 0.4) is 0 Å². The van der Waals surface area contributed by atoms with E-state index in [-0.39, 0.29) is 11.4 Å². The molecule has 0 bridgehead atoms. The Morgan fingerprint density at radius 3 is 2.31 bits per heavy atom. The van der Waals surface area contributed by atoms with Crippen LogP contribution in [0, 0.1) is 17.7 Å². The molecule has 2 amide bonds. The summed E-state index contributed by atoms with van der Waals surface area (Å²) in [4.78, 5) is 40.2. The number of rotatable bonds is 3. The second kappa shape index (κ2) is 6.66. The summed E-state index contributed by atoms with van der Waals surface area (Å²) in [6.45, 7) is 1.54. The molecule has 0 unspecified atom stereocenters. The first kappa shape index (κ1) is 19.1. The van der Waals surface area contributed by atoms with E-state index in [2.05, 4.69) is 5.32 Å². The molecule has 0 radical (unpaired) electrons. The first-order valence-corrected chi connectivity index (χ1v) is 9.06. The predicted molar refractivity (Wildman–Crippen MR) is 100 cm³/mol. The van der Waals surface area contributed by atoms with Crippen LogP contribution in [0.2, 0.25) is 0 Å². The van der Waals surface area contributed by atoms with E-state index in [1.807, 2.05) is 0 Å². The van der Waals surface area contributed by atoms with Crippen LogP contribution in [0.5, 0.6) is 5.75 Å². The summed E-state index contributed by atoms with van der Waals surface area (Å²) in [7, 11) is 1.22. The van der Waals surface area contributed by atoms with E-state index in [0.717, 1.165) is 4.90 Å². The zero-order valence-corrected chi connectivity index (χ0v) is 15.8. The fourth-order valence-corrected chi connectivity index (χ4v) is 4.35. The number of nitrogens with one attached hydrogen (secondary N) is 1. The number of hydrogen-bond acceptors (Lipinski definition) is 6. The molecule has 2 aliphatic rings. The smallest absolute Gasteiger partial charge is 0.326 e. The highest BCUT2D eigenvalue weighted by Crippen LogP contribution is 2.50. The van der Waals surface area contributed by atoms with Crippen molar-refractivity contribution in [2.45, 2.75) is 18.5 Å². The van der Waals surface area contributed by atoms with Gasteiger partial charge in [0.25, 0.3) is 0 Å². The van der Waals surface area contributed by atoms with Gasteiger partial charge in [-0.3, -0.25) is 19.7 Å². The number of hydrogen-bond donors (Lipinski definition) is 2. The number of anilines is 1. The number of ether oxygens (including phenoxy) is 1. The minimum atomic E-state index is -1.43. The third kappa shape index (κ3) is 2.79. The van der Waals surface area contributed by atoms with Crippen molar-refractivity contribution < 1.29 is 28.6 Å². The van der Waals surface area contributed by atoms with Crippen molar-refractivity contribution in [3.8, 4) is 5.75 Å². The molecule has 150 valence electrons. The lowest BCUT2D eigenvalue weighted by Gasteiger charge is -2.28. The van der Waals surface area contributed by atoms with Gasteiger partial charge in [0, 0.05) is 6.04 Å². The predicted octanol–water partition coefficient (Wildman–Crippen LogP) is 1.91. The van der Waals surface area contributed by atoms with Crippen LogP contribution in [0.25, 0.3) is 0 Å². The highest BCUT2D eigenvalue weighted by Gasteiger charge is 2.67. The number of halogens is 1. The fraction of sp³-hybridized carbons (Fsp3) is 0.286. The minimum absolute atomic E-state index is 0.0563. The number of nitrogens with zero attached hydrogens (tertiary/aromatic N) is 1. The summed E-state index contributed by atoms with van der Waals surface area (Å²) in [6.07, 6.45) is 0. The Morgan fingerprint density at radius 2 is 1.72 bits per heavy atom. The number of phenols is 1. The molecule has 2 saturated heterocycles. The Labute approximate surface area is 166 Å². The Bertz CT molecular complexity index is 991. The third-order valence-electron chi connectivity index (χ3n) is 5.73. The van der Waals surface area contributed by atoms with E-state index in [0.29, 0.717) is 5.56 Å². The lowest BCUT2D eigenvalue weighted by molar-refractivity contribution is -0.151. The number of fused-ring (bicyclic) bond motifs is 1. The van der Waals surface area contributed by atoms with Crippen LogP contribution < -0.4 is 10.2 Å². The summed E-state index contributed by atoms with van der Waals surface area (Å²) in [5, 5.41) is 12.7. The topological polar surface area (TPSA) is 95.9 Å². The molecule has 2 aromatic rings. The van der Waals surface area contributed by atoms with Crippen molar-refractivity contribution in [2.75, 3.05) is 12.0 Å². The first-order valence-electron chi connectivity index (χ1n) is 9.06. The van der Waals surface area contributed by atoms with E-state index in [1.54, 1.807) is 12.1 Å². The highest BCUT2D eigenvalue weighted by molar-refractivity contribution is 6.24. The monoisotopic (exact) mass is 398 g/mol. The number of imide groups is 1. The number of carbonyl (C=O) groups excluding carboxylic acids is 3. The number of amides is 2. The molecule has 2 aromatic carbocycles. The highest BCUT2D eigenvalue weighted by atomic mass is 19.1. The maximum atomic E-state index is 13.3. The van der Waals surface area contributed by atoms with Gasteiger partial charge in [0.2, 0.25) is 11.8 Å². The van der Waals surface area contributed by atoms with Gasteiger partial charge in [-0.25, -0.2) is 9.29 Å². The van der Waals surface area contributed by atoms with Crippen molar-refractivity contribution in [3.05, 3.63) is 59.9 Å². The van der Waals surface area contributed by atoms with Crippen molar-refractivity contribution in [3.63, 3.8) is 0 Å². The van der Waals surface area contributed by atoms with Gasteiger partial charge in [0.05, 0.1) is 24.6 Å². The Kier molecular flexibility index (Phi) is 4.38. The SMILES string of the molecule is COC(=O)[C@]1(C)N[C@@H](c2ccc(O)cc2)[C@H]2C(=O)N(c3ccc(F)cc3)C(=O)[C@@H]21. The maximum absolute atomic E-state index is 13.3. The van der Waals surface area contributed by atoms with Crippen LogP contribution in [-0.2, 0) is 19.1 Å². The van der Waals surface area contributed by atoms with Crippen LogP contribution in [-0.4, -0.2) is 35.5 Å². The van der Waals surface area contributed by atoms with Gasteiger partial charge in [0.1, 0.15) is 17.1 Å². The van der Waals surface area contributed by atoms with Crippen molar-refractivity contribution in [1.29, 1.82) is 0 Å². The van der Waals surface area contributed by atoms with E-state index in [1.165, 1.54) is 50.4 Å². The zero-order valence-electron chi connectivity index (χ0n) is 15.8. The maximum Gasteiger partial charge on any atom is 0.326 e. The Hall–Kier alpha value is -3.26. The van der Waals surface area contributed by atoms with Gasteiger partial charge in [-0.15, -0.1) is 0 Å². The molecule has 2 heterocycles. The molecule has 0 aromatic heterocycles. The molecular formula is C21H19FN2O5. The molecule has 29 heavy (non-hydrogen) atoms. The van der Waals surface area contributed by atoms with Crippen LogP contribution in [0.4, 0.5) is 10.1 Å². The first-order chi connectivity index (χ1) is 13.8. The van der Waals surface area contributed by atoms with Gasteiger partial charge in [0.15, 0.2) is 0 Å².